The van der Waals surface area contributed by atoms with E-state index in [-0.39, 0.29) is 39.5 Å². The van der Waals surface area contributed by atoms with Gasteiger partial charge in [-0.3, -0.25) is 14.4 Å². The molecule has 3 aromatic heterocycles. The first-order valence-electron chi connectivity index (χ1n) is 17.4. The molecular formula is C44H40FN3O8S3. The Hall–Kier alpha value is -6.81. The Kier molecular flexibility index (Phi) is 15.6. The second-order valence-electron chi connectivity index (χ2n) is 12.4. The van der Waals surface area contributed by atoms with Crippen molar-refractivity contribution in [2.75, 3.05) is 7.11 Å². The van der Waals surface area contributed by atoms with Crippen LogP contribution in [0.3, 0.4) is 0 Å². The summed E-state index contributed by atoms with van der Waals surface area (Å²) >= 11 is 3.75. The average Bonchev–Trinajstić information content (AvgIpc) is 3.79. The van der Waals surface area contributed by atoms with Gasteiger partial charge < -0.3 is 35.0 Å². The van der Waals surface area contributed by atoms with E-state index in [1.807, 2.05) is 6.07 Å². The topological polar surface area (TPSA) is 186 Å². The van der Waals surface area contributed by atoms with Crippen molar-refractivity contribution >= 4 is 77.9 Å². The number of halogens is 1. The highest BCUT2D eigenvalue weighted by atomic mass is 32.1. The van der Waals surface area contributed by atoms with Gasteiger partial charge in [0.05, 0.1) is 34.7 Å². The smallest absolute Gasteiger partial charge is 0.339 e. The Labute approximate surface area is 348 Å². The van der Waals surface area contributed by atoms with E-state index in [2.05, 4.69) is 54.4 Å². The minimum atomic E-state index is -1.06. The normalized spacial score (nSPS) is 11.6. The molecule has 3 aromatic carbocycles. The molecule has 6 aromatic rings. The number of allylic oxidation sites excluding steroid dienone is 3. The van der Waals surface area contributed by atoms with E-state index in [9.17, 15) is 38.9 Å². The van der Waals surface area contributed by atoms with E-state index in [0.717, 1.165) is 11.1 Å². The molecule has 0 aliphatic rings. The molecular weight excluding hydrogens is 814 g/mol. The van der Waals surface area contributed by atoms with Gasteiger partial charge in [-0.05, 0) is 95.6 Å². The van der Waals surface area contributed by atoms with Crippen molar-refractivity contribution in [1.29, 1.82) is 0 Å². The van der Waals surface area contributed by atoms with Crippen LogP contribution in [0.5, 0.6) is 17.2 Å². The average molecular weight is 854 g/mol. The molecule has 15 heteroatoms. The molecule has 59 heavy (non-hydrogen) atoms. The number of phenolic OH excluding ortho intramolecular Hbond substituents is 2. The fourth-order valence-corrected chi connectivity index (χ4v) is 7.75. The van der Waals surface area contributed by atoms with Gasteiger partial charge in [0, 0.05) is 5.56 Å². The van der Waals surface area contributed by atoms with Crippen LogP contribution in [-0.4, -0.2) is 43.4 Å². The van der Waals surface area contributed by atoms with Crippen molar-refractivity contribution in [2.45, 2.75) is 19.3 Å². The fourth-order valence-electron chi connectivity index (χ4n) is 5.51. The number of rotatable bonds is 11. The number of H-pyrrole nitrogens is 3. The number of aromatic hydroxyl groups is 2. The minimum Gasteiger partial charge on any atom is -0.508 e. The third kappa shape index (κ3) is 12.1. The van der Waals surface area contributed by atoms with E-state index in [1.165, 1.54) is 47.2 Å². The Balaban J connectivity index is 0.000000197. The molecule has 0 aliphatic heterocycles. The van der Waals surface area contributed by atoms with Crippen molar-refractivity contribution in [1.82, 2.24) is 15.0 Å². The highest BCUT2D eigenvalue weighted by Gasteiger charge is 2.17. The molecule has 6 rings (SSSR count). The van der Waals surface area contributed by atoms with Gasteiger partial charge >= 0.3 is 5.97 Å². The number of thiazole rings is 3. The van der Waals surface area contributed by atoms with Crippen molar-refractivity contribution in [2.24, 2.45) is 0 Å². The maximum absolute atomic E-state index is 13.6. The van der Waals surface area contributed by atoms with Gasteiger partial charge in [0.2, 0.25) is 0 Å². The summed E-state index contributed by atoms with van der Waals surface area (Å²) in [5, 5.41) is 28.6. The number of benzene rings is 3. The molecule has 0 radical (unpaired) electrons. The fraction of sp³-hybridized carbons (Fsp3) is 0.0909. The third-order valence-electron chi connectivity index (χ3n) is 8.02. The first-order chi connectivity index (χ1) is 28.1. The lowest BCUT2D eigenvalue weighted by Crippen LogP contribution is -2.19. The van der Waals surface area contributed by atoms with Crippen molar-refractivity contribution in [3.8, 4) is 17.2 Å². The van der Waals surface area contributed by atoms with E-state index in [1.54, 1.807) is 66.8 Å². The van der Waals surface area contributed by atoms with Crippen molar-refractivity contribution in [3.63, 3.8) is 0 Å². The van der Waals surface area contributed by atoms with Gasteiger partial charge in [-0.25, -0.2) is 9.18 Å². The number of ether oxygens (including phenoxy) is 1. The summed E-state index contributed by atoms with van der Waals surface area (Å²) in [6, 6.07) is 11.4. The number of methoxy groups -OCH3 is 1. The Morgan fingerprint density at radius 1 is 0.678 bits per heavy atom. The molecule has 6 N–H and O–H groups in total. The highest BCUT2D eigenvalue weighted by molar-refractivity contribution is 7.07. The zero-order chi connectivity index (χ0) is 43.4. The van der Waals surface area contributed by atoms with Gasteiger partial charge in [-0.2, -0.15) is 0 Å². The van der Waals surface area contributed by atoms with Crippen LogP contribution < -0.4 is 49.0 Å². The number of aromatic amines is 3. The standard InChI is InChI=1S/C16H15NO4S.C14H12FNO2S.C14H13NO2S/c1-4-5-11-6-10(7-12(21-3)14(11)16(19)20)8-13-15(18)17-9(2)22-13;1-3-4-10-5-9(6-11(15)13(10)17)7-12-14(18)16-8(2)19-12;1-3-4-11-7-10(5-6-12(11)16)8-13-14(17)15-9(2)18-13/h4,6-8H,1-2,5H2,3H3,(H,17,18)(H,19,20);3,5-7,17H,1-2,4H2,(H,16,18);3,5-8,16H,1-2,4H2,(H,15,17)/b13-8-;12-7-;13-8-. The predicted octanol–water partition coefficient (Wildman–Crippen LogP) is 3.47. The maximum atomic E-state index is 13.6. The summed E-state index contributed by atoms with van der Waals surface area (Å²) in [4.78, 5) is 54.0. The second-order valence-corrected chi connectivity index (χ2v) is 15.8. The molecule has 11 nitrogen and oxygen atoms in total. The van der Waals surface area contributed by atoms with Crippen LogP contribution in [0.15, 0.2) is 94.8 Å². The summed E-state index contributed by atoms with van der Waals surface area (Å²) in [5.74, 6) is -1.66. The maximum Gasteiger partial charge on any atom is 0.339 e. The summed E-state index contributed by atoms with van der Waals surface area (Å²) in [5.41, 5.74) is 3.38. The molecule has 0 atom stereocenters. The number of carboxylic acids is 1. The SMILES string of the molecule is C=CCc1cc(/C=c2\sc(=C)[nH]c2=O)cc(F)c1O.C=CCc1cc(/C=c2\sc(=C)[nH]c2=O)cc(OC)c1C(=O)O.C=CCc1cc(/C=c2\sc(=C)[nH]c2=O)ccc1O. The lowest BCUT2D eigenvalue weighted by Gasteiger charge is -2.11. The number of carboxylic acid groups (broad SMARTS) is 1. The number of aromatic carboxylic acids is 1. The van der Waals surface area contributed by atoms with Gasteiger partial charge in [-0.1, -0.05) is 50.1 Å². The minimum absolute atomic E-state index is 0.109. The number of nitrogens with one attached hydrogen (secondary N) is 3. The number of hydrogen-bond donors (Lipinski definition) is 6. The van der Waals surface area contributed by atoms with E-state index in [4.69, 9.17) is 4.74 Å². The predicted molar refractivity (Wildman–Crippen MR) is 238 cm³/mol. The summed E-state index contributed by atoms with van der Waals surface area (Å²) < 4.78 is 22.0. The van der Waals surface area contributed by atoms with E-state index >= 15 is 0 Å². The molecule has 0 saturated carbocycles. The Bertz CT molecular complexity index is 3080. The first-order valence-corrected chi connectivity index (χ1v) is 19.8. The van der Waals surface area contributed by atoms with Crippen molar-refractivity contribution < 1.29 is 29.2 Å². The summed E-state index contributed by atoms with van der Waals surface area (Å²) in [7, 11) is 1.41. The van der Waals surface area contributed by atoms with Crippen LogP contribution in [-0.2, 0) is 19.3 Å². The molecule has 0 unspecified atom stereocenters. The quantitative estimate of drug-likeness (QED) is 0.107. The first kappa shape index (κ1) is 44.9. The van der Waals surface area contributed by atoms with Crippen LogP contribution in [0.1, 0.15) is 43.7 Å². The molecule has 0 spiro atoms. The Morgan fingerprint density at radius 3 is 1.54 bits per heavy atom. The second kappa shape index (κ2) is 20.6. The largest absolute Gasteiger partial charge is 0.508 e. The molecule has 3 heterocycles. The molecule has 0 amide bonds. The molecule has 0 bridgehead atoms. The number of hydrogen-bond acceptors (Lipinski definition) is 10. The van der Waals surface area contributed by atoms with Crippen LogP contribution in [0.4, 0.5) is 4.39 Å². The number of aromatic nitrogens is 3. The molecule has 304 valence electrons. The zero-order valence-corrected chi connectivity index (χ0v) is 34.3. The number of phenols is 2. The van der Waals surface area contributed by atoms with Crippen LogP contribution in [0.2, 0.25) is 0 Å². The molecule has 0 fully saturated rings. The third-order valence-corrected chi connectivity index (χ3v) is 10.6. The monoisotopic (exact) mass is 853 g/mol. The van der Waals surface area contributed by atoms with Crippen LogP contribution in [0, 0.1) is 5.82 Å². The zero-order valence-electron chi connectivity index (χ0n) is 31.9. The van der Waals surface area contributed by atoms with Crippen LogP contribution >= 0.6 is 34.0 Å². The molecule has 0 aliphatic carbocycles. The van der Waals surface area contributed by atoms with E-state index < -0.39 is 11.8 Å². The van der Waals surface area contributed by atoms with Gasteiger partial charge in [-0.15, -0.1) is 53.7 Å². The highest BCUT2D eigenvalue weighted by Crippen LogP contribution is 2.27. The molecule has 0 saturated heterocycles. The lowest BCUT2D eigenvalue weighted by molar-refractivity contribution is 0.0692. The number of carbonyl (C=O) groups is 1. The van der Waals surface area contributed by atoms with Gasteiger partial charge in [0.1, 0.15) is 17.1 Å². The van der Waals surface area contributed by atoms with Gasteiger partial charge in [0.15, 0.2) is 11.6 Å². The summed E-state index contributed by atoms with van der Waals surface area (Å²) in [6.07, 6.45) is 11.3. The van der Waals surface area contributed by atoms with Crippen molar-refractivity contribution in [3.05, 3.63) is 184 Å². The Morgan fingerprint density at radius 2 is 1.10 bits per heavy atom. The summed E-state index contributed by atoms with van der Waals surface area (Å²) in [6.45, 7) is 21.9. The lowest BCUT2D eigenvalue weighted by atomic mass is 9.99. The van der Waals surface area contributed by atoms with Crippen LogP contribution in [0.25, 0.3) is 38.0 Å². The van der Waals surface area contributed by atoms with Gasteiger partial charge in [0.25, 0.3) is 16.7 Å². The van der Waals surface area contributed by atoms with E-state index in [0.29, 0.717) is 69.1 Å².